The van der Waals surface area contributed by atoms with Crippen molar-refractivity contribution in [2.75, 3.05) is 13.1 Å². The average molecular weight is 252 g/mol. The first-order valence-electron chi connectivity index (χ1n) is 7.42. The highest BCUT2D eigenvalue weighted by atomic mass is 16.2. The molecule has 1 atom stereocenters. The molecule has 2 N–H and O–H groups in total. The molecule has 0 aromatic carbocycles. The molecule has 1 unspecified atom stereocenters. The number of carbonyl (C=O) groups excluding carboxylic acids is 1. The van der Waals surface area contributed by atoms with Crippen LogP contribution >= 0.6 is 0 Å². The van der Waals surface area contributed by atoms with Gasteiger partial charge < -0.3 is 10.6 Å². The van der Waals surface area contributed by atoms with Gasteiger partial charge in [-0.2, -0.15) is 0 Å². The first-order valence-corrected chi connectivity index (χ1v) is 7.42. The molecule has 1 fully saturated rings. The Morgan fingerprint density at radius 2 is 2.00 bits per heavy atom. The van der Waals surface area contributed by atoms with Crippen LogP contribution in [0, 0.1) is 5.92 Å². The standard InChI is InChI=1S/C15H28N2O/c1-3-5-9-13(12-14(16)8-4-2)15(18)17-10-6-7-11-17/h8,13H,3-7,9-12,16H2,1-2H3. The summed E-state index contributed by atoms with van der Waals surface area (Å²) in [5, 5.41) is 0. The molecule has 1 aliphatic heterocycles. The maximum atomic E-state index is 12.4. The fraction of sp³-hybridized carbons (Fsp3) is 0.800. The molecule has 1 aliphatic rings. The zero-order valence-corrected chi connectivity index (χ0v) is 12.0. The molecule has 3 heteroatoms. The second kappa shape index (κ2) is 8.17. The van der Waals surface area contributed by atoms with E-state index in [4.69, 9.17) is 5.73 Å². The Morgan fingerprint density at radius 3 is 2.56 bits per heavy atom. The fourth-order valence-corrected chi connectivity index (χ4v) is 2.59. The van der Waals surface area contributed by atoms with Gasteiger partial charge in [-0.05, 0) is 32.1 Å². The maximum absolute atomic E-state index is 12.4. The number of unbranched alkanes of at least 4 members (excludes halogenated alkanes) is 1. The highest BCUT2D eigenvalue weighted by molar-refractivity contribution is 5.79. The number of rotatable bonds is 7. The minimum absolute atomic E-state index is 0.103. The molecule has 0 saturated carbocycles. The molecule has 0 radical (unpaired) electrons. The largest absolute Gasteiger partial charge is 0.402 e. The van der Waals surface area contributed by atoms with E-state index in [1.54, 1.807) is 0 Å². The molecule has 0 spiro atoms. The molecule has 3 nitrogen and oxygen atoms in total. The molecule has 104 valence electrons. The van der Waals surface area contributed by atoms with E-state index in [-0.39, 0.29) is 5.92 Å². The minimum Gasteiger partial charge on any atom is -0.402 e. The number of nitrogens with zero attached hydrogens (tertiary/aromatic N) is 1. The lowest BCUT2D eigenvalue weighted by atomic mass is 9.95. The molecule has 1 amide bonds. The quantitative estimate of drug-likeness (QED) is 0.757. The van der Waals surface area contributed by atoms with E-state index >= 15 is 0 Å². The van der Waals surface area contributed by atoms with Crippen LogP contribution in [-0.2, 0) is 4.79 Å². The lowest BCUT2D eigenvalue weighted by molar-refractivity contribution is -0.134. The monoisotopic (exact) mass is 252 g/mol. The lowest BCUT2D eigenvalue weighted by Gasteiger charge is -2.23. The van der Waals surface area contributed by atoms with E-state index < -0.39 is 0 Å². The number of carbonyl (C=O) groups is 1. The fourth-order valence-electron chi connectivity index (χ4n) is 2.59. The van der Waals surface area contributed by atoms with E-state index in [0.29, 0.717) is 5.91 Å². The lowest BCUT2D eigenvalue weighted by Crippen LogP contribution is -2.34. The molecule has 1 saturated heterocycles. The Labute approximate surface area is 111 Å². The van der Waals surface area contributed by atoms with Crippen molar-refractivity contribution in [3.05, 3.63) is 11.8 Å². The number of amides is 1. The minimum atomic E-state index is 0.103. The Bertz CT molecular complexity index is 280. The molecule has 0 aromatic rings. The normalized spacial score (nSPS) is 18.1. The predicted molar refractivity (Wildman–Crippen MR) is 76.0 cm³/mol. The van der Waals surface area contributed by atoms with Crippen molar-refractivity contribution in [1.29, 1.82) is 0 Å². The highest BCUT2D eigenvalue weighted by Crippen LogP contribution is 2.21. The van der Waals surface area contributed by atoms with Crippen LogP contribution in [0.2, 0.25) is 0 Å². The Hall–Kier alpha value is -0.990. The van der Waals surface area contributed by atoms with E-state index in [9.17, 15) is 4.79 Å². The van der Waals surface area contributed by atoms with Gasteiger partial charge in [-0.1, -0.05) is 32.8 Å². The maximum Gasteiger partial charge on any atom is 0.226 e. The Morgan fingerprint density at radius 1 is 1.33 bits per heavy atom. The van der Waals surface area contributed by atoms with Crippen molar-refractivity contribution < 1.29 is 4.79 Å². The van der Waals surface area contributed by atoms with Gasteiger partial charge in [-0.3, -0.25) is 4.79 Å². The van der Waals surface area contributed by atoms with Gasteiger partial charge in [0.2, 0.25) is 5.91 Å². The number of allylic oxidation sites excluding steroid dienone is 2. The van der Waals surface area contributed by atoms with Crippen LogP contribution in [-0.4, -0.2) is 23.9 Å². The molecular weight excluding hydrogens is 224 g/mol. The average Bonchev–Trinajstić information content (AvgIpc) is 2.87. The van der Waals surface area contributed by atoms with Gasteiger partial charge in [0.05, 0.1) is 0 Å². The van der Waals surface area contributed by atoms with Crippen molar-refractivity contribution >= 4 is 5.91 Å². The molecule has 0 aliphatic carbocycles. The highest BCUT2D eigenvalue weighted by Gasteiger charge is 2.26. The van der Waals surface area contributed by atoms with Crippen molar-refractivity contribution in [2.45, 2.75) is 58.8 Å². The van der Waals surface area contributed by atoms with Crippen LogP contribution in [0.3, 0.4) is 0 Å². The van der Waals surface area contributed by atoms with Crippen molar-refractivity contribution in [1.82, 2.24) is 4.90 Å². The number of nitrogens with two attached hydrogens (primary N) is 1. The zero-order valence-electron chi connectivity index (χ0n) is 12.0. The summed E-state index contributed by atoms with van der Waals surface area (Å²) in [5.41, 5.74) is 6.86. The summed E-state index contributed by atoms with van der Waals surface area (Å²) in [6.45, 7) is 6.14. The van der Waals surface area contributed by atoms with Gasteiger partial charge in [0.1, 0.15) is 0 Å². The second-order valence-electron chi connectivity index (χ2n) is 5.26. The summed E-state index contributed by atoms with van der Waals surface area (Å²) in [6, 6.07) is 0. The van der Waals surface area contributed by atoms with Gasteiger partial charge in [0.25, 0.3) is 0 Å². The van der Waals surface area contributed by atoms with Gasteiger partial charge >= 0.3 is 0 Å². The summed E-state index contributed by atoms with van der Waals surface area (Å²) in [6.07, 6.45) is 9.28. The van der Waals surface area contributed by atoms with Crippen molar-refractivity contribution in [2.24, 2.45) is 11.7 Å². The Balaban J connectivity index is 2.58. The van der Waals surface area contributed by atoms with Gasteiger partial charge in [0, 0.05) is 24.7 Å². The SMILES string of the molecule is CCC=C(N)CC(CCCC)C(=O)N1CCCC1. The molecular formula is C15H28N2O. The summed E-state index contributed by atoms with van der Waals surface area (Å²) in [7, 11) is 0. The number of hydrogen-bond donors (Lipinski definition) is 1. The number of likely N-dealkylation sites (tertiary alicyclic amines) is 1. The van der Waals surface area contributed by atoms with Gasteiger partial charge in [-0.25, -0.2) is 0 Å². The third kappa shape index (κ3) is 4.71. The van der Waals surface area contributed by atoms with Gasteiger partial charge in [-0.15, -0.1) is 0 Å². The third-order valence-corrected chi connectivity index (χ3v) is 3.62. The van der Waals surface area contributed by atoms with E-state index in [2.05, 4.69) is 13.8 Å². The van der Waals surface area contributed by atoms with E-state index in [0.717, 1.165) is 63.7 Å². The molecule has 1 heterocycles. The summed E-state index contributed by atoms with van der Waals surface area (Å²) in [4.78, 5) is 14.5. The predicted octanol–water partition coefficient (Wildman–Crippen LogP) is 3.06. The van der Waals surface area contributed by atoms with Crippen LogP contribution < -0.4 is 5.73 Å². The molecule has 0 aromatic heterocycles. The number of hydrogen-bond acceptors (Lipinski definition) is 2. The zero-order chi connectivity index (χ0) is 13.4. The van der Waals surface area contributed by atoms with Crippen LogP contribution in [0.5, 0.6) is 0 Å². The third-order valence-electron chi connectivity index (χ3n) is 3.62. The van der Waals surface area contributed by atoms with E-state index in [1.165, 1.54) is 0 Å². The van der Waals surface area contributed by atoms with Crippen molar-refractivity contribution in [3.8, 4) is 0 Å². The topological polar surface area (TPSA) is 46.3 Å². The smallest absolute Gasteiger partial charge is 0.226 e. The summed E-state index contributed by atoms with van der Waals surface area (Å²) >= 11 is 0. The second-order valence-corrected chi connectivity index (χ2v) is 5.26. The van der Waals surface area contributed by atoms with E-state index in [1.807, 2.05) is 11.0 Å². The molecule has 0 bridgehead atoms. The van der Waals surface area contributed by atoms with Crippen LogP contribution in [0.25, 0.3) is 0 Å². The molecule has 1 rings (SSSR count). The Kier molecular flexibility index (Phi) is 6.84. The van der Waals surface area contributed by atoms with Crippen LogP contribution in [0.4, 0.5) is 0 Å². The van der Waals surface area contributed by atoms with Crippen molar-refractivity contribution in [3.63, 3.8) is 0 Å². The molecule has 18 heavy (non-hydrogen) atoms. The summed E-state index contributed by atoms with van der Waals surface area (Å²) < 4.78 is 0. The van der Waals surface area contributed by atoms with Gasteiger partial charge in [0.15, 0.2) is 0 Å². The van der Waals surface area contributed by atoms with Crippen LogP contribution in [0.15, 0.2) is 11.8 Å². The first-order chi connectivity index (χ1) is 8.69. The van der Waals surface area contributed by atoms with Crippen LogP contribution in [0.1, 0.15) is 58.8 Å². The summed E-state index contributed by atoms with van der Waals surface area (Å²) in [5.74, 6) is 0.430. The first kappa shape index (κ1) is 15.1.